The largest absolute Gasteiger partial charge is 0.493 e. The van der Waals surface area contributed by atoms with Crippen molar-refractivity contribution in [1.82, 2.24) is 0 Å². The number of nitrogens with zero attached hydrogens (tertiary/aromatic N) is 1. The van der Waals surface area contributed by atoms with Gasteiger partial charge in [-0.05, 0) is 68.7 Å². The smallest absolute Gasteiger partial charge is 0.261 e. The number of hydrogen-bond donors (Lipinski definition) is 1. The number of hydrogen-bond acceptors (Lipinski definition) is 5. The normalized spacial score (nSPS) is 19.0. The third-order valence-corrected chi connectivity index (χ3v) is 8.45. The molecule has 0 spiro atoms. The average Bonchev–Trinajstić information content (AvgIpc) is 2.89. The minimum Gasteiger partial charge on any atom is -0.493 e. The number of aryl methyl sites for hydroxylation is 1. The predicted molar refractivity (Wildman–Crippen MR) is 143 cm³/mol. The fraction of sp³-hybridized carbons (Fsp3) is 0.345. The molecule has 36 heavy (non-hydrogen) atoms. The molecule has 1 N–H and O–H groups in total. The highest BCUT2D eigenvalue weighted by molar-refractivity contribution is 7.92. The molecule has 1 heterocycles. The molecule has 0 unspecified atom stereocenters. The van der Waals surface area contributed by atoms with Crippen LogP contribution in [0.4, 0.5) is 5.69 Å². The van der Waals surface area contributed by atoms with Crippen LogP contribution in [0.3, 0.4) is 0 Å². The Hall–Kier alpha value is -3.32. The summed E-state index contributed by atoms with van der Waals surface area (Å²) in [6.45, 7) is 4.50. The molecule has 3 aromatic rings. The van der Waals surface area contributed by atoms with Gasteiger partial charge in [0.25, 0.3) is 10.0 Å². The summed E-state index contributed by atoms with van der Waals surface area (Å²) in [5.74, 6) is 1.80. The van der Waals surface area contributed by atoms with Crippen LogP contribution in [-0.4, -0.2) is 33.9 Å². The Morgan fingerprint density at radius 2 is 1.69 bits per heavy atom. The molecule has 1 saturated carbocycles. The summed E-state index contributed by atoms with van der Waals surface area (Å²) in [5.41, 5.74) is 5.65. The number of benzene rings is 3. The van der Waals surface area contributed by atoms with Crippen LogP contribution in [0.5, 0.6) is 11.5 Å². The molecule has 7 heteroatoms. The minimum atomic E-state index is -3.70. The summed E-state index contributed by atoms with van der Waals surface area (Å²) >= 11 is 0. The molecule has 1 aliphatic carbocycles. The van der Waals surface area contributed by atoms with Crippen LogP contribution in [-0.2, 0) is 10.0 Å². The molecule has 6 nitrogen and oxygen atoms in total. The maximum atomic E-state index is 13.0. The SMILES string of the molecule is CCOc1cc2c(cc1OC)C(c1ccc(S(=O)(=O)Nc3ccc(C)cc3)cc1)=N[C@@H]1CCCC[C@H]21. The van der Waals surface area contributed by atoms with Gasteiger partial charge in [0.1, 0.15) is 0 Å². The third kappa shape index (κ3) is 4.72. The molecule has 1 fully saturated rings. The van der Waals surface area contributed by atoms with Gasteiger partial charge in [-0.1, -0.05) is 42.7 Å². The minimum absolute atomic E-state index is 0.211. The van der Waals surface area contributed by atoms with Crippen LogP contribution in [0.15, 0.2) is 70.6 Å². The number of ether oxygens (including phenoxy) is 2. The number of fused-ring (bicyclic) bond motifs is 3. The van der Waals surface area contributed by atoms with Crippen LogP contribution in [0.2, 0.25) is 0 Å². The van der Waals surface area contributed by atoms with Crippen molar-refractivity contribution in [3.63, 3.8) is 0 Å². The number of nitrogens with one attached hydrogen (secondary N) is 1. The van der Waals surface area contributed by atoms with E-state index in [9.17, 15) is 8.42 Å². The lowest BCUT2D eigenvalue weighted by Gasteiger charge is -2.36. The highest BCUT2D eigenvalue weighted by Gasteiger charge is 2.34. The van der Waals surface area contributed by atoms with Crippen molar-refractivity contribution in [2.75, 3.05) is 18.4 Å². The highest BCUT2D eigenvalue weighted by atomic mass is 32.2. The fourth-order valence-corrected chi connectivity index (χ4v) is 6.30. The first kappa shape index (κ1) is 24.4. The first-order valence-electron chi connectivity index (χ1n) is 12.5. The van der Waals surface area contributed by atoms with Gasteiger partial charge in [0.2, 0.25) is 0 Å². The first-order chi connectivity index (χ1) is 17.4. The van der Waals surface area contributed by atoms with Gasteiger partial charge in [0.05, 0.1) is 30.4 Å². The second-order valence-electron chi connectivity index (χ2n) is 9.46. The zero-order chi connectivity index (χ0) is 25.3. The van der Waals surface area contributed by atoms with Crippen LogP contribution >= 0.6 is 0 Å². The quantitative estimate of drug-likeness (QED) is 0.423. The number of anilines is 1. The van der Waals surface area contributed by atoms with Crippen molar-refractivity contribution < 1.29 is 17.9 Å². The lowest BCUT2D eigenvalue weighted by atomic mass is 9.75. The van der Waals surface area contributed by atoms with E-state index in [1.807, 2.05) is 44.2 Å². The van der Waals surface area contributed by atoms with E-state index in [2.05, 4.69) is 10.8 Å². The zero-order valence-electron chi connectivity index (χ0n) is 21.0. The van der Waals surface area contributed by atoms with Gasteiger partial charge in [-0.3, -0.25) is 9.71 Å². The average molecular weight is 505 g/mol. The van der Waals surface area contributed by atoms with Crippen molar-refractivity contribution in [2.45, 2.75) is 56.4 Å². The van der Waals surface area contributed by atoms with E-state index in [1.165, 1.54) is 18.4 Å². The molecule has 5 rings (SSSR count). The molecule has 1 aliphatic heterocycles. The van der Waals surface area contributed by atoms with Gasteiger partial charge < -0.3 is 9.47 Å². The van der Waals surface area contributed by atoms with E-state index in [0.29, 0.717) is 24.0 Å². The maximum absolute atomic E-state index is 13.0. The van der Waals surface area contributed by atoms with Crippen LogP contribution in [0.1, 0.15) is 60.8 Å². The second kappa shape index (κ2) is 9.97. The fourth-order valence-electron chi connectivity index (χ4n) is 5.24. The summed E-state index contributed by atoms with van der Waals surface area (Å²) in [7, 11) is -2.06. The Bertz CT molecular complexity index is 1380. The summed E-state index contributed by atoms with van der Waals surface area (Å²) in [6, 6.07) is 18.6. The molecule has 0 aromatic heterocycles. The highest BCUT2D eigenvalue weighted by Crippen LogP contribution is 2.44. The number of aliphatic imine (C=N–C) groups is 1. The Kier molecular flexibility index (Phi) is 6.75. The van der Waals surface area contributed by atoms with E-state index >= 15 is 0 Å². The Balaban J connectivity index is 1.51. The van der Waals surface area contributed by atoms with Gasteiger partial charge in [0, 0.05) is 22.7 Å². The van der Waals surface area contributed by atoms with Gasteiger partial charge >= 0.3 is 0 Å². The van der Waals surface area contributed by atoms with Gasteiger partial charge in [0.15, 0.2) is 11.5 Å². The van der Waals surface area contributed by atoms with E-state index in [0.717, 1.165) is 41.0 Å². The van der Waals surface area contributed by atoms with Gasteiger partial charge in [-0.15, -0.1) is 0 Å². The molecule has 2 atom stereocenters. The van der Waals surface area contributed by atoms with E-state index in [1.54, 1.807) is 31.4 Å². The van der Waals surface area contributed by atoms with Crippen molar-refractivity contribution in [2.24, 2.45) is 4.99 Å². The second-order valence-corrected chi connectivity index (χ2v) is 11.1. The summed E-state index contributed by atoms with van der Waals surface area (Å²) in [6.07, 6.45) is 4.52. The predicted octanol–water partition coefficient (Wildman–Crippen LogP) is 6.08. The summed E-state index contributed by atoms with van der Waals surface area (Å²) in [5, 5.41) is 0. The van der Waals surface area contributed by atoms with E-state index < -0.39 is 10.0 Å². The Morgan fingerprint density at radius 3 is 2.39 bits per heavy atom. The molecule has 0 bridgehead atoms. The maximum Gasteiger partial charge on any atom is 0.261 e. The van der Waals surface area contributed by atoms with Crippen LogP contribution in [0, 0.1) is 6.92 Å². The Morgan fingerprint density at radius 1 is 0.972 bits per heavy atom. The van der Waals surface area contributed by atoms with Crippen molar-refractivity contribution in [3.8, 4) is 11.5 Å². The molecule has 0 radical (unpaired) electrons. The van der Waals surface area contributed by atoms with E-state index in [-0.39, 0.29) is 10.9 Å². The van der Waals surface area contributed by atoms with Gasteiger partial charge in [-0.2, -0.15) is 0 Å². The molecular weight excluding hydrogens is 472 g/mol. The topological polar surface area (TPSA) is 77.0 Å². The van der Waals surface area contributed by atoms with E-state index in [4.69, 9.17) is 14.5 Å². The molecule has 3 aromatic carbocycles. The molecule has 0 amide bonds. The monoisotopic (exact) mass is 504 g/mol. The van der Waals surface area contributed by atoms with Gasteiger partial charge in [-0.25, -0.2) is 8.42 Å². The lowest BCUT2D eigenvalue weighted by molar-refractivity contribution is 0.308. The van der Waals surface area contributed by atoms with Crippen molar-refractivity contribution in [1.29, 1.82) is 0 Å². The number of sulfonamides is 1. The summed E-state index contributed by atoms with van der Waals surface area (Å²) < 4.78 is 40.1. The van der Waals surface area contributed by atoms with Crippen LogP contribution in [0.25, 0.3) is 0 Å². The third-order valence-electron chi connectivity index (χ3n) is 7.06. The summed E-state index contributed by atoms with van der Waals surface area (Å²) in [4.78, 5) is 5.40. The standard InChI is InChI=1S/C29H32N2O4S/c1-4-35-28-17-24-23-7-5-6-8-26(23)30-29(25(24)18-27(28)34-3)20-11-15-22(16-12-20)36(32,33)31-21-13-9-19(2)10-14-21/h9-18,23,26,31H,4-8H2,1-3H3/t23-,26-/m1/s1. The molecule has 0 saturated heterocycles. The first-order valence-corrected chi connectivity index (χ1v) is 14.0. The van der Waals surface area contributed by atoms with Crippen LogP contribution < -0.4 is 14.2 Å². The number of methoxy groups -OCH3 is 1. The molecule has 188 valence electrons. The van der Waals surface area contributed by atoms with Crippen molar-refractivity contribution >= 4 is 21.4 Å². The lowest BCUT2D eigenvalue weighted by Crippen LogP contribution is -2.29. The van der Waals surface area contributed by atoms with Crippen molar-refractivity contribution in [3.05, 3.63) is 82.9 Å². The Labute approximate surface area is 213 Å². The number of rotatable bonds is 7. The molecular formula is C29H32N2O4S. The zero-order valence-corrected chi connectivity index (χ0v) is 21.8. The molecule has 2 aliphatic rings.